The van der Waals surface area contributed by atoms with E-state index in [9.17, 15) is 0 Å². The number of benzene rings is 9. The Labute approximate surface area is 353 Å². The molecule has 0 unspecified atom stereocenters. The highest BCUT2D eigenvalue weighted by molar-refractivity contribution is 8.26. The zero-order chi connectivity index (χ0) is 39.5. The number of aromatic nitrogens is 1. The van der Waals surface area contributed by atoms with Crippen molar-refractivity contribution in [2.45, 2.75) is 0 Å². The maximum absolute atomic E-state index is 7.45. The van der Waals surface area contributed by atoms with E-state index in [1.54, 1.807) is 0 Å². The van der Waals surface area contributed by atoms with Crippen LogP contribution in [0.5, 0.6) is 0 Å². The second-order valence-electron chi connectivity index (χ2n) is 15.7. The molecule has 0 bridgehead atoms. The molecule has 4 heterocycles. The molecule has 1 aromatic heterocycles. The summed E-state index contributed by atoms with van der Waals surface area (Å²) in [6, 6.07) is 74.7. The monoisotopic (exact) mass is 802 g/mol. The SMILES string of the molecule is S=P12c3c4cccc3N(c3ccccc3)c3cc(-c5ccc6c7ccccc7n(-c7ccccc7)c6c5)cc(c31)N(c1ccccc1)c1cccc(c12)N4c1ccccc1. The minimum atomic E-state index is -2.67. The third kappa shape index (κ3) is 4.53. The van der Waals surface area contributed by atoms with Crippen LogP contribution in [0.4, 0.5) is 51.2 Å². The van der Waals surface area contributed by atoms with Gasteiger partial charge in [0.15, 0.2) is 0 Å². The van der Waals surface area contributed by atoms with Crippen LogP contribution in [0.25, 0.3) is 38.6 Å². The largest absolute Gasteiger partial charge is 0.309 e. The molecular weight excluding hydrogens is 768 g/mol. The van der Waals surface area contributed by atoms with Gasteiger partial charge in [-0.25, -0.2) is 0 Å². The first-order chi connectivity index (χ1) is 29.7. The molecule has 0 spiro atoms. The molecule has 9 aromatic carbocycles. The zero-order valence-electron chi connectivity index (χ0n) is 32.4. The average molecular weight is 803 g/mol. The first-order valence-electron chi connectivity index (χ1n) is 20.4. The highest BCUT2D eigenvalue weighted by Gasteiger charge is 2.51. The smallest absolute Gasteiger partial charge is 0.0580 e. The molecule has 13 rings (SSSR count). The van der Waals surface area contributed by atoms with Gasteiger partial charge >= 0.3 is 0 Å². The van der Waals surface area contributed by atoms with Crippen LogP contribution in [0.2, 0.25) is 0 Å². The summed E-state index contributed by atoms with van der Waals surface area (Å²) in [5.74, 6) is 0. The summed E-state index contributed by atoms with van der Waals surface area (Å²) in [5, 5.41) is 6.21. The van der Waals surface area contributed by atoms with E-state index in [0.29, 0.717) is 0 Å². The molecule has 0 radical (unpaired) electrons. The van der Waals surface area contributed by atoms with Gasteiger partial charge in [0.1, 0.15) is 0 Å². The summed E-state index contributed by atoms with van der Waals surface area (Å²) in [6.45, 7) is 0. The molecule has 0 N–H and O–H groups in total. The lowest BCUT2D eigenvalue weighted by atomic mass is 9.99. The van der Waals surface area contributed by atoms with Crippen molar-refractivity contribution in [1.29, 1.82) is 0 Å². The van der Waals surface area contributed by atoms with E-state index < -0.39 is 6.04 Å². The van der Waals surface area contributed by atoms with Crippen LogP contribution < -0.4 is 30.6 Å². The van der Waals surface area contributed by atoms with Crippen LogP contribution in [-0.4, -0.2) is 4.57 Å². The minimum Gasteiger partial charge on any atom is -0.309 e. The van der Waals surface area contributed by atoms with Gasteiger partial charge in [0.05, 0.1) is 51.2 Å². The molecule has 10 aromatic rings. The van der Waals surface area contributed by atoms with E-state index in [0.717, 1.165) is 68.0 Å². The number of hydrogen-bond donors (Lipinski definition) is 0. The highest BCUT2D eigenvalue weighted by atomic mass is 32.4. The Balaban J connectivity index is 1.16. The summed E-state index contributed by atoms with van der Waals surface area (Å²) in [6.07, 6.45) is 0. The summed E-state index contributed by atoms with van der Waals surface area (Å²) >= 11 is 7.45. The van der Waals surface area contributed by atoms with Gasteiger partial charge in [-0.2, -0.15) is 0 Å². The quantitative estimate of drug-likeness (QED) is 0.161. The number of rotatable bonds is 5. The Hall–Kier alpha value is -7.17. The number of para-hydroxylation sites is 5. The maximum atomic E-state index is 7.45. The van der Waals surface area contributed by atoms with Crippen molar-refractivity contribution in [1.82, 2.24) is 4.57 Å². The second-order valence-corrected chi connectivity index (χ2v) is 19.9. The molecule has 0 atom stereocenters. The molecular formula is C54H35N4PS. The van der Waals surface area contributed by atoms with Crippen molar-refractivity contribution in [3.8, 4) is 16.8 Å². The topological polar surface area (TPSA) is 14.7 Å². The standard InChI is InChI=1S/C54H35N4PS/c60-59-52-45-27-15-29-47(52)57(40-21-9-3-10-22-40)50-34-37(36-31-32-43-42-25-13-14-26-44(42)55(49(43)33-36)38-17-5-1-6-18-38)35-51(54(50)59)58(41-23-11-4-12-24-41)48-30-16-28-46(53(48)59)56(45)39-19-7-2-8-20-39/h1-35H. The van der Waals surface area contributed by atoms with Gasteiger partial charge in [0.2, 0.25) is 0 Å². The normalized spacial score (nSPS) is 14.1. The molecule has 0 saturated heterocycles. The molecule has 0 saturated carbocycles. The molecule has 3 aliphatic rings. The van der Waals surface area contributed by atoms with Gasteiger partial charge in [-0.05, 0) is 108 Å². The molecule has 282 valence electrons. The lowest BCUT2D eigenvalue weighted by Crippen LogP contribution is -2.47. The van der Waals surface area contributed by atoms with E-state index in [-0.39, 0.29) is 0 Å². The lowest BCUT2D eigenvalue weighted by Gasteiger charge is -2.51. The van der Waals surface area contributed by atoms with Crippen LogP contribution in [0.3, 0.4) is 0 Å². The summed E-state index contributed by atoms with van der Waals surface area (Å²) in [5.41, 5.74) is 16.0. The summed E-state index contributed by atoms with van der Waals surface area (Å²) in [4.78, 5) is 7.41. The molecule has 0 aliphatic carbocycles. The molecule has 4 nitrogen and oxygen atoms in total. The van der Waals surface area contributed by atoms with E-state index in [2.05, 4.69) is 232 Å². The third-order valence-corrected chi connectivity index (χ3v) is 17.4. The number of fused-ring (bicyclic) bond motifs is 3. The van der Waals surface area contributed by atoms with Crippen molar-refractivity contribution < 1.29 is 0 Å². The zero-order valence-corrected chi connectivity index (χ0v) is 34.1. The van der Waals surface area contributed by atoms with Gasteiger partial charge in [-0.1, -0.05) is 127 Å². The van der Waals surface area contributed by atoms with Crippen LogP contribution in [-0.2, 0) is 11.8 Å². The molecule has 60 heavy (non-hydrogen) atoms. The number of nitrogens with zero attached hydrogens (tertiary/aromatic N) is 4. The minimum absolute atomic E-state index is 1.10. The van der Waals surface area contributed by atoms with E-state index in [1.165, 1.54) is 37.7 Å². The fraction of sp³-hybridized carbons (Fsp3) is 0. The molecule has 6 heteroatoms. The van der Waals surface area contributed by atoms with Gasteiger partial charge in [0, 0.05) is 49.4 Å². The van der Waals surface area contributed by atoms with Gasteiger partial charge < -0.3 is 19.3 Å². The van der Waals surface area contributed by atoms with Crippen LogP contribution in [0.15, 0.2) is 212 Å². The van der Waals surface area contributed by atoms with Crippen molar-refractivity contribution in [2.24, 2.45) is 0 Å². The van der Waals surface area contributed by atoms with E-state index >= 15 is 0 Å². The van der Waals surface area contributed by atoms with Crippen molar-refractivity contribution in [3.63, 3.8) is 0 Å². The number of hydrogen-bond acceptors (Lipinski definition) is 4. The summed E-state index contributed by atoms with van der Waals surface area (Å²) in [7, 11) is 0. The molecule has 0 amide bonds. The lowest BCUT2D eigenvalue weighted by molar-refractivity contribution is 1.18. The predicted molar refractivity (Wildman–Crippen MR) is 257 cm³/mol. The predicted octanol–water partition coefficient (Wildman–Crippen LogP) is 13.6. The van der Waals surface area contributed by atoms with Crippen molar-refractivity contribution >= 4 is 107 Å². The molecule has 3 aliphatic heterocycles. The van der Waals surface area contributed by atoms with Gasteiger partial charge in [-0.15, -0.1) is 0 Å². The Kier molecular flexibility index (Phi) is 7.13. The van der Waals surface area contributed by atoms with Crippen molar-refractivity contribution in [2.75, 3.05) is 14.7 Å². The van der Waals surface area contributed by atoms with Gasteiger partial charge in [0.25, 0.3) is 0 Å². The first kappa shape index (κ1) is 33.8. The highest BCUT2D eigenvalue weighted by Crippen LogP contribution is 2.67. The Morgan fingerprint density at radius 3 is 1.20 bits per heavy atom. The fourth-order valence-corrected chi connectivity index (χ4v) is 15.5. The van der Waals surface area contributed by atoms with E-state index in [4.69, 9.17) is 11.8 Å². The second kappa shape index (κ2) is 12.7. The van der Waals surface area contributed by atoms with Crippen LogP contribution in [0.1, 0.15) is 0 Å². The first-order valence-corrected chi connectivity index (χ1v) is 23.2. The Morgan fingerprint density at radius 1 is 0.300 bits per heavy atom. The van der Waals surface area contributed by atoms with Crippen molar-refractivity contribution in [3.05, 3.63) is 212 Å². The Morgan fingerprint density at radius 2 is 0.700 bits per heavy atom. The molecule has 0 fully saturated rings. The third-order valence-electron chi connectivity index (χ3n) is 12.5. The van der Waals surface area contributed by atoms with Crippen LogP contribution in [0, 0.1) is 0 Å². The Bertz CT molecular complexity index is 3300. The number of anilines is 9. The maximum Gasteiger partial charge on any atom is 0.0580 e. The fourth-order valence-electron chi connectivity index (χ4n) is 10.1. The van der Waals surface area contributed by atoms with E-state index in [1.807, 2.05) is 0 Å². The summed E-state index contributed by atoms with van der Waals surface area (Å²) < 4.78 is 2.41. The van der Waals surface area contributed by atoms with Gasteiger partial charge in [-0.3, -0.25) is 0 Å². The average Bonchev–Trinajstić information content (AvgIpc) is 3.64. The van der Waals surface area contributed by atoms with Crippen LogP contribution >= 0.6 is 6.04 Å².